The maximum Gasteiger partial charge on any atom is 0.325 e. The van der Waals surface area contributed by atoms with Crippen LogP contribution in [0, 0.1) is 5.92 Å². The summed E-state index contributed by atoms with van der Waals surface area (Å²) in [6.07, 6.45) is 5.86. The second-order valence-electron chi connectivity index (χ2n) is 5.10. The molecule has 0 atom stereocenters. The fourth-order valence-electron chi connectivity index (χ4n) is 2.12. The maximum absolute atomic E-state index is 12.0. The fraction of sp³-hybridized carbons (Fsp3) is 0.278. The van der Waals surface area contributed by atoms with E-state index in [1.165, 1.54) is 0 Å². The van der Waals surface area contributed by atoms with Crippen LogP contribution in [0.1, 0.15) is 13.8 Å². The Morgan fingerprint density at radius 3 is 2.35 bits per heavy atom. The molecule has 2 aromatic rings. The summed E-state index contributed by atoms with van der Waals surface area (Å²) in [4.78, 5) is 46.4. The Kier molecular flexibility index (Phi) is 6.78. The summed E-state index contributed by atoms with van der Waals surface area (Å²) >= 11 is 0. The number of hydrogen-bond acceptors (Lipinski definition) is 7. The molecule has 8 heteroatoms. The standard InChI is InChI=1S/C18H19N3O5/c1-3-25-17(23)14(18(24)26-4-2)11-20-15-9-13(10-21-16(15)22)12-5-7-19-8-6-12/h5-11,14H,3-4H2,1-2H3,(H,21,22). The van der Waals surface area contributed by atoms with Crippen molar-refractivity contribution >= 4 is 23.8 Å². The lowest BCUT2D eigenvalue weighted by molar-refractivity contribution is -0.157. The van der Waals surface area contributed by atoms with E-state index in [0.717, 1.165) is 11.8 Å². The van der Waals surface area contributed by atoms with E-state index in [2.05, 4.69) is 15.0 Å². The highest BCUT2D eigenvalue weighted by Crippen LogP contribution is 2.20. The zero-order chi connectivity index (χ0) is 18.9. The Morgan fingerprint density at radius 1 is 1.15 bits per heavy atom. The highest BCUT2D eigenvalue weighted by atomic mass is 16.6. The summed E-state index contributed by atoms with van der Waals surface area (Å²) in [6.45, 7) is 3.47. The van der Waals surface area contributed by atoms with Gasteiger partial charge in [0.2, 0.25) is 0 Å². The molecule has 0 saturated heterocycles. The number of carbonyl (C=O) groups excluding carboxylic acids is 2. The van der Waals surface area contributed by atoms with Gasteiger partial charge >= 0.3 is 11.9 Å². The second kappa shape index (κ2) is 9.26. The van der Waals surface area contributed by atoms with Crippen LogP contribution in [0.3, 0.4) is 0 Å². The van der Waals surface area contributed by atoms with Crippen molar-refractivity contribution < 1.29 is 19.1 Å². The summed E-state index contributed by atoms with van der Waals surface area (Å²) in [7, 11) is 0. The van der Waals surface area contributed by atoms with Crippen LogP contribution in [0.25, 0.3) is 11.1 Å². The van der Waals surface area contributed by atoms with Gasteiger partial charge in [-0.1, -0.05) is 0 Å². The summed E-state index contributed by atoms with van der Waals surface area (Å²) in [5.41, 5.74) is 1.14. The Morgan fingerprint density at radius 2 is 1.77 bits per heavy atom. The minimum absolute atomic E-state index is 0.0536. The molecule has 0 saturated carbocycles. The molecule has 0 aromatic carbocycles. The predicted octanol–water partition coefficient (Wildman–Crippen LogP) is 1.88. The third kappa shape index (κ3) is 4.85. The van der Waals surface area contributed by atoms with E-state index in [4.69, 9.17) is 9.47 Å². The van der Waals surface area contributed by atoms with E-state index < -0.39 is 23.4 Å². The number of rotatable bonds is 7. The number of carbonyl (C=O) groups is 2. The van der Waals surface area contributed by atoms with Crippen molar-refractivity contribution in [1.29, 1.82) is 0 Å². The minimum Gasteiger partial charge on any atom is -0.465 e. The third-order valence-electron chi connectivity index (χ3n) is 3.34. The molecule has 0 aliphatic rings. The number of nitrogens with zero attached hydrogens (tertiary/aromatic N) is 2. The van der Waals surface area contributed by atoms with Gasteiger partial charge in [0, 0.05) is 30.4 Å². The largest absolute Gasteiger partial charge is 0.465 e. The zero-order valence-corrected chi connectivity index (χ0v) is 14.5. The number of ether oxygens (including phenoxy) is 2. The van der Waals surface area contributed by atoms with Crippen molar-refractivity contribution in [2.45, 2.75) is 13.8 Å². The quantitative estimate of drug-likeness (QED) is 0.460. The molecular weight excluding hydrogens is 338 g/mol. The van der Waals surface area contributed by atoms with Crippen molar-refractivity contribution in [3.05, 3.63) is 47.1 Å². The van der Waals surface area contributed by atoms with Gasteiger partial charge in [0.25, 0.3) is 5.56 Å². The van der Waals surface area contributed by atoms with Crippen LogP contribution < -0.4 is 5.56 Å². The Balaban J connectivity index is 2.32. The Labute approximate surface area is 149 Å². The number of hydrogen-bond donors (Lipinski definition) is 1. The fourth-order valence-corrected chi connectivity index (χ4v) is 2.12. The SMILES string of the molecule is CCOC(=O)C(C=Nc1cc(-c2ccncc2)c[nH]c1=O)C(=O)OCC. The second-order valence-corrected chi connectivity index (χ2v) is 5.10. The molecular formula is C18H19N3O5. The van der Waals surface area contributed by atoms with E-state index in [1.54, 1.807) is 50.6 Å². The van der Waals surface area contributed by atoms with Crippen molar-refractivity contribution in [3.63, 3.8) is 0 Å². The van der Waals surface area contributed by atoms with Crippen LogP contribution in [-0.4, -0.2) is 41.3 Å². The number of nitrogens with one attached hydrogen (secondary N) is 1. The average molecular weight is 357 g/mol. The molecule has 2 heterocycles. The van der Waals surface area contributed by atoms with Crippen molar-refractivity contribution in [2.75, 3.05) is 13.2 Å². The first kappa shape index (κ1) is 19.0. The normalized spacial score (nSPS) is 10.9. The number of esters is 2. The van der Waals surface area contributed by atoms with Crippen LogP contribution in [0.5, 0.6) is 0 Å². The molecule has 0 radical (unpaired) electrons. The van der Waals surface area contributed by atoms with E-state index in [9.17, 15) is 14.4 Å². The zero-order valence-electron chi connectivity index (χ0n) is 14.5. The molecule has 0 aliphatic heterocycles. The first-order valence-corrected chi connectivity index (χ1v) is 8.07. The predicted molar refractivity (Wildman–Crippen MR) is 95.2 cm³/mol. The Hall–Kier alpha value is -3.29. The van der Waals surface area contributed by atoms with Gasteiger partial charge in [-0.15, -0.1) is 0 Å². The van der Waals surface area contributed by atoms with E-state index in [1.807, 2.05) is 0 Å². The first-order chi connectivity index (χ1) is 12.6. The van der Waals surface area contributed by atoms with E-state index in [0.29, 0.717) is 5.56 Å². The molecule has 0 spiro atoms. The highest BCUT2D eigenvalue weighted by molar-refractivity contribution is 6.09. The minimum atomic E-state index is -1.33. The Bertz CT molecular complexity index is 827. The van der Waals surface area contributed by atoms with E-state index >= 15 is 0 Å². The van der Waals surface area contributed by atoms with E-state index in [-0.39, 0.29) is 18.9 Å². The number of pyridine rings is 2. The summed E-state index contributed by atoms with van der Waals surface area (Å²) < 4.78 is 9.72. The number of H-pyrrole nitrogens is 1. The topological polar surface area (TPSA) is 111 Å². The molecule has 136 valence electrons. The highest BCUT2D eigenvalue weighted by Gasteiger charge is 2.27. The summed E-state index contributed by atoms with van der Waals surface area (Å²) in [5, 5.41) is 0. The van der Waals surface area contributed by atoms with Crippen LogP contribution in [0.2, 0.25) is 0 Å². The number of aromatic nitrogens is 2. The molecule has 0 bridgehead atoms. The number of aromatic amines is 1. The van der Waals surface area contributed by atoms with Gasteiger partial charge in [-0.2, -0.15) is 0 Å². The lowest BCUT2D eigenvalue weighted by Crippen LogP contribution is -2.29. The van der Waals surface area contributed by atoms with Crippen molar-refractivity contribution in [2.24, 2.45) is 10.9 Å². The molecule has 0 aliphatic carbocycles. The molecule has 8 nitrogen and oxygen atoms in total. The lowest BCUT2D eigenvalue weighted by atomic mass is 10.1. The van der Waals surface area contributed by atoms with Crippen LogP contribution >= 0.6 is 0 Å². The molecule has 26 heavy (non-hydrogen) atoms. The monoisotopic (exact) mass is 357 g/mol. The van der Waals surface area contributed by atoms with Gasteiger partial charge in [-0.05, 0) is 37.6 Å². The molecule has 1 N–H and O–H groups in total. The van der Waals surface area contributed by atoms with Gasteiger partial charge in [-0.25, -0.2) is 0 Å². The molecule has 0 unspecified atom stereocenters. The molecule has 0 amide bonds. The third-order valence-corrected chi connectivity index (χ3v) is 3.34. The van der Waals surface area contributed by atoms with Crippen LogP contribution in [-0.2, 0) is 19.1 Å². The molecule has 2 rings (SSSR count). The first-order valence-electron chi connectivity index (χ1n) is 8.07. The van der Waals surface area contributed by atoms with Gasteiger partial charge in [0.05, 0.1) is 13.2 Å². The average Bonchev–Trinajstić information content (AvgIpc) is 2.64. The lowest BCUT2D eigenvalue weighted by Gasteiger charge is -2.10. The smallest absolute Gasteiger partial charge is 0.325 e. The van der Waals surface area contributed by atoms with Crippen molar-refractivity contribution in [1.82, 2.24) is 9.97 Å². The van der Waals surface area contributed by atoms with Crippen molar-refractivity contribution in [3.8, 4) is 11.1 Å². The molecule has 0 fully saturated rings. The van der Waals surface area contributed by atoms with Gasteiger partial charge in [-0.3, -0.25) is 24.4 Å². The van der Waals surface area contributed by atoms with Gasteiger partial charge in [0.15, 0.2) is 5.92 Å². The molecule has 2 aromatic heterocycles. The van der Waals surface area contributed by atoms with Crippen LogP contribution in [0.15, 0.2) is 46.6 Å². The maximum atomic E-state index is 12.0. The number of aliphatic imine (C=N–C) groups is 1. The van der Waals surface area contributed by atoms with Gasteiger partial charge < -0.3 is 14.5 Å². The summed E-state index contributed by atoms with van der Waals surface area (Å²) in [6, 6.07) is 5.11. The summed E-state index contributed by atoms with van der Waals surface area (Å²) in [5.74, 6) is -2.90. The van der Waals surface area contributed by atoms with Gasteiger partial charge in [0.1, 0.15) is 5.69 Å². The van der Waals surface area contributed by atoms with Crippen LogP contribution in [0.4, 0.5) is 5.69 Å².